The SMILES string of the molecule is CCCCOc1ccc(CNCCOc2c3cc4cc2Oc2ccc(cc2Cl)C(O)C2NC(=O)C(NC(=O)C4NC(=O)C4NC(=O)C(NC(=O)C(NCc5ccc(OCCCC)cc5)c5ccc(O)c(c5)Oc5cc(O)cc4c5)C(O)c4ccc(c(Cl)c4)O3)c3cccc(O)c3-c3c(O)cc(O)cc3C(C(=O)O)NC2=O)cc1. The maximum atomic E-state index is 16.5. The standard InChI is InChI=1S/C82H78Cl2N8O21/c1-3-5-25-108-49-17-10-40(11-18-49)38-85-24-27-110-75-62-33-46-34-63(75)113-60-23-16-44(31-55(60)84)74(99)72-81(105)90-70(82(106)107)53-36-48(94)37-58(97)65(53)64-52(8-7-9-57(64)96)69(79(103)92-72)89-78(102)68(46)87-77(101)67-45-28-47(93)35-51(29-45)111-61-32-42(14-21-56(61)95)66(86-39-41-12-19-50(20-13-41)109-26-6-4-2)76(100)91-71(80(104)88-67)73(98)43-15-22-59(112-62)54(83)30-43/h7-23,28-37,66-74,85-86,93-99H,3-6,24-27,38-39H2,1-2H3,(H,87,101)(H,88,104)(H,89,102)(H,90,105)(H,91,100)(H,92,103)(H,106,107). The topological polar surface area (TPSA) is 433 Å². The van der Waals surface area contributed by atoms with Crippen molar-refractivity contribution in [2.24, 2.45) is 0 Å². The van der Waals surface area contributed by atoms with Gasteiger partial charge in [0.1, 0.15) is 107 Å². The molecule has 0 radical (unpaired) electrons. The molecule has 9 aromatic carbocycles. The number of hydrogen-bond acceptors (Lipinski definition) is 22. The first-order valence-electron chi connectivity index (χ1n) is 36.2. The molecule has 0 aliphatic carbocycles. The molecule has 0 spiro atoms. The zero-order chi connectivity index (χ0) is 79.9. The number of carbonyl (C=O) groups excluding carboxylic acids is 6. The summed E-state index contributed by atoms with van der Waals surface area (Å²) in [6.07, 6.45) is -0.656. The number of carboxylic acids is 1. The number of unbranched alkanes of at least 4 members (excludes halogenated alkanes) is 2. The average Bonchev–Trinajstić information content (AvgIpc) is 1.74. The summed E-state index contributed by atoms with van der Waals surface area (Å²) in [4.78, 5) is 108. The zero-order valence-corrected chi connectivity index (χ0v) is 62.0. The van der Waals surface area contributed by atoms with Crippen LogP contribution < -0.4 is 71.0 Å². The first-order chi connectivity index (χ1) is 54.4. The van der Waals surface area contributed by atoms with Crippen LogP contribution in [0.15, 0.2) is 164 Å². The van der Waals surface area contributed by atoms with Crippen LogP contribution in [0, 0.1) is 0 Å². The van der Waals surface area contributed by atoms with Crippen molar-refractivity contribution in [1.82, 2.24) is 42.5 Å². The van der Waals surface area contributed by atoms with Crippen LogP contribution in [0.2, 0.25) is 10.0 Å². The number of halogens is 2. The molecule has 0 aromatic heterocycles. The number of amides is 6. The second kappa shape index (κ2) is 34.4. The van der Waals surface area contributed by atoms with Crippen molar-refractivity contribution in [1.29, 1.82) is 0 Å². The summed E-state index contributed by atoms with van der Waals surface area (Å²) >= 11 is 14.3. The van der Waals surface area contributed by atoms with Gasteiger partial charge < -0.3 is 106 Å². The Kier molecular flexibility index (Phi) is 23.9. The summed E-state index contributed by atoms with van der Waals surface area (Å²) in [7, 11) is 0. The number of aliphatic hydroxyl groups excluding tert-OH is 2. The first-order valence-corrected chi connectivity index (χ1v) is 36.9. The van der Waals surface area contributed by atoms with E-state index in [1.54, 1.807) is 24.3 Å². The number of aliphatic hydroxyl groups is 2. The van der Waals surface area contributed by atoms with Crippen LogP contribution in [0.3, 0.4) is 0 Å². The predicted octanol–water partition coefficient (Wildman–Crippen LogP) is 10.1. The normalized spacial score (nSPS) is 20.0. The lowest BCUT2D eigenvalue weighted by Gasteiger charge is -2.31. The molecule has 586 valence electrons. The lowest BCUT2D eigenvalue weighted by molar-refractivity contribution is -0.143. The average molecular weight is 1580 g/mol. The van der Waals surface area contributed by atoms with Crippen molar-refractivity contribution in [2.75, 3.05) is 26.4 Å². The monoisotopic (exact) mass is 1580 g/mol. The summed E-state index contributed by atoms with van der Waals surface area (Å²) in [5, 5.41) is 116. The number of rotatable bonds is 18. The molecule has 15 bridgehead atoms. The Labute approximate surface area is 655 Å². The highest BCUT2D eigenvalue weighted by molar-refractivity contribution is 6.32. The third-order valence-corrected chi connectivity index (χ3v) is 19.9. The Morgan fingerprint density at radius 1 is 0.451 bits per heavy atom. The molecule has 16 N–H and O–H groups in total. The number of phenols is 5. The van der Waals surface area contributed by atoms with E-state index in [0.717, 1.165) is 61.6 Å². The van der Waals surface area contributed by atoms with E-state index < -0.39 is 147 Å². The van der Waals surface area contributed by atoms with Crippen LogP contribution in [-0.2, 0) is 46.7 Å². The third-order valence-electron chi connectivity index (χ3n) is 19.3. The zero-order valence-electron chi connectivity index (χ0n) is 60.5. The van der Waals surface area contributed by atoms with Crippen molar-refractivity contribution in [3.63, 3.8) is 0 Å². The minimum atomic E-state index is -2.28. The molecule has 0 saturated heterocycles. The molecule has 6 aliphatic rings. The lowest BCUT2D eigenvalue weighted by atomic mass is 9.87. The Morgan fingerprint density at radius 3 is 1.57 bits per heavy atom. The lowest BCUT2D eigenvalue weighted by Crippen LogP contribution is -2.55. The number of aromatic hydroxyl groups is 5. The number of ether oxygens (including phenoxy) is 6. The molecule has 9 aromatic rings. The molecule has 0 saturated carbocycles. The van der Waals surface area contributed by atoms with Crippen LogP contribution in [-0.4, -0.2) is 121 Å². The fourth-order valence-corrected chi connectivity index (χ4v) is 13.9. The van der Waals surface area contributed by atoms with Crippen LogP contribution in [0.4, 0.5) is 0 Å². The maximum Gasteiger partial charge on any atom is 0.330 e. The smallest absolute Gasteiger partial charge is 0.330 e. The number of aliphatic carboxylic acids is 1. The van der Waals surface area contributed by atoms with Crippen molar-refractivity contribution < 1.29 is 103 Å². The molecule has 9 atom stereocenters. The highest BCUT2D eigenvalue weighted by Crippen LogP contribution is 2.50. The number of phenolic OH excluding ortho intramolecular Hbond substituents is 5. The molecule has 31 heteroatoms. The molecule has 9 unspecified atom stereocenters. The number of carbonyl (C=O) groups is 7. The van der Waals surface area contributed by atoms with Gasteiger partial charge in [-0.1, -0.05) is 104 Å². The summed E-state index contributed by atoms with van der Waals surface area (Å²) in [6.45, 7) is 5.43. The third kappa shape index (κ3) is 17.6. The Bertz CT molecular complexity index is 5150. The molecule has 6 heterocycles. The number of fused-ring (bicyclic) bond motifs is 13. The molecule has 0 fully saturated rings. The van der Waals surface area contributed by atoms with E-state index >= 15 is 24.0 Å². The number of carboxylic acid groups (broad SMARTS) is 1. The van der Waals surface area contributed by atoms with E-state index in [0.29, 0.717) is 36.8 Å². The Balaban J connectivity index is 0.994. The van der Waals surface area contributed by atoms with Crippen LogP contribution in [0.1, 0.15) is 132 Å². The van der Waals surface area contributed by atoms with Crippen LogP contribution >= 0.6 is 23.2 Å². The minimum Gasteiger partial charge on any atom is -0.508 e. The van der Waals surface area contributed by atoms with Gasteiger partial charge in [-0.25, -0.2) is 4.79 Å². The highest BCUT2D eigenvalue weighted by Gasteiger charge is 2.44. The van der Waals surface area contributed by atoms with E-state index in [-0.39, 0.29) is 97.8 Å². The van der Waals surface area contributed by atoms with Crippen molar-refractivity contribution >= 4 is 64.6 Å². The van der Waals surface area contributed by atoms with E-state index in [1.807, 2.05) is 31.2 Å². The van der Waals surface area contributed by atoms with E-state index in [9.17, 15) is 50.4 Å². The maximum absolute atomic E-state index is 16.5. The number of benzene rings is 9. The molecule has 15 rings (SSSR count). The second-order valence-corrected chi connectivity index (χ2v) is 28.0. The van der Waals surface area contributed by atoms with Crippen molar-refractivity contribution in [2.45, 2.75) is 107 Å². The Hall–Kier alpha value is -12.5. The fraction of sp³-hybridized carbons (Fsp3) is 0.256. The first kappa shape index (κ1) is 78.6. The highest BCUT2D eigenvalue weighted by atomic mass is 35.5. The predicted molar refractivity (Wildman–Crippen MR) is 408 cm³/mol. The molecule has 6 amide bonds. The minimum absolute atomic E-state index is 0.00392. The van der Waals surface area contributed by atoms with Gasteiger partial charge in [0.2, 0.25) is 41.2 Å². The molecule has 29 nitrogen and oxygen atoms in total. The van der Waals surface area contributed by atoms with Gasteiger partial charge in [0.05, 0.1) is 23.3 Å². The van der Waals surface area contributed by atoms with E-state index in [1.165, 1.54) is 84.9 Å². The van der Waals surface area contributed by atoms with Crippen molar-refractivity contribution in [3.8, 4) is 91.6 Å². The van der Waals surface area contributed by atoms with Gasteiger partial charge in [-0.15, -0.1) is 0 Å². The molecule has 113 heavy (non-hydrogen) atoms. The van der Waals surface area contributed by atoms with E-state index in [2.05, 4.69) is 49.5 Å². The number of hydrogen-bond donors (Lipinski definition) is 16. The van der Waals surface area contributed by atoms with Gasteiger partial charge in [-0.05, 0) is 154 Å². The second-order valence-electron chi connectivity index (χ2n) is 27.2. The number of nitrogens with one attached hydrogen (secondary N) is 8. The van der Waals surface area contributed by atoms with E-state index in [4.69, 9.17) is 51.6 Å². The summed E-state index contributed by atoms with van der Waals surface area (Å²) < 4.78 is 38.1. The summed E-state index contributed by atoms with van der Waals surface area (Å²) in [6, 6.07) is 22.2. The van der Waals surface area contributed by atoms with Gasteiger partial charge >= 0.3 is 5.97 Å². The van der Waals surface area contributed by atoms with Gasteiger partial charge in [0.15, 0.2) is 29.0 Å². The largest absolute Gasteiger partial charge is 0.508 e. The quantitative estimate of drug-likeness (QED) is 0.0355. The van der Waals surface area contributed by atoms with Crippen molar-refractivity contribution in [3.05, 3.63) is 224 Å². The van der Waals surface area contributed by atoms with Gasteiger partial charge in [0.25, 0.3) is 0 Å². The molecule has 6 aliphatic heterocycles. The van der Waals surface area contributed by atoms with Crippen LogP contribution in [0.5, 0.6) is 80.5 Å². The van der Waals surface area contributed by atoms with Gasteiger partial charge in [-0.2, -0.15) is 0 Å². The molecular weight excluding hydrogens is 1500 g/mol. The van der Waals surface area contributed by atoms with Crippen LogP contribution in [0.25, 0.3) is 11.1 Å². The summed E-state index contributed by atoms with van der Waals surface area (Å²) in [5.41, 5.74) is -1.41. The van der Waals surface area contributed by atoms with Gasteiger partial charge in [0, 0.05) is 48.5 Å². The fourth-order valence-electron chi connectivity index (χ4n) is 13.4. The van der Waals surface area contributed by atoms with Gasteiger partial charge in [-0.3, -0.25) is 34.1 Å². The summed E-state index contributed by atoms with van der Waals surface area (Å²) in [5.74, 6) is -13.6. The molecular formula is C82H78Cl2N8O21. The Morgan fingerprint density at radius 2 is 0.973 bits per heavy atom.